The predicted molar refractivity (Wildman–Crippen MR) is 67.0 cm³/mol. The van der Waals surface area contributed by atoms with Gasteiger partial charge in [-0.1, -0.05) is 24.3 Å². The average molecular weight is 236 g/mol. The molecule has 0 fully saturated rings. The molecule has 1 amide bonds. The number of fused-ring (bicyclic) bond motifs is 1. The lowest BCUT2D eigenvalue weighted by Crippen LogP contribution is -2.35. The Hall–Kier alpha value is -1.28. The Morgan fingerprint density at radius 1 is 1.56 bits per heavy atom. The lowest BCUT2D eigenvalue weighted by Gasteiger charge is -2.19. The molecule has 2 rings (SSSR count). The number of carbonyl (C=O) groups excluding carboxylic acids is 1. The van der Waals surface area contributed by atoms with Crippen LogP contribution in [0.1, 0.15) is 12.0 Å². The van der Waals surface area contributed by atoms with E-state index in [1.165, 1.54) is 5.56 Å². The molecule has 2 nitrogen and oxygen atoms in total. The van der Waals surface area contributed by atoms with E-state index in [0.717, 1.165) is 18.7 Å². The van der Waals surface area contributed by atoms with Crippen molar-refractivity contribution in [2.45, 2.75) is 18.2 Å². The summed E-state index contributed by atoms with van der Waals surface area (Å²) in [6.45, 7) is 4.33. The Balaban J connectivity index is 2.19. The average Bonchev–Trinajstić information content (AvgIpc) is 2.72. The van der Waals surface area contributed by atoms with Crippen LogP contribution >= 0.6 is 11.6 Å². The van der Waals surface area contributed by atoms with Gasteiger partial charge in [-0.25, -0.2) is 0 Å². The second-order valence-corrected chi connectivity index (χ2v) is 4.39. The van der Waals surface area contributed by atoms with Crippen molar-refractivity contribution in [3.05, 3.63) is 42.5 Å². The Morgan fingerprint density at radius 3 is 3.06 bits per heavy atom. The zero-order chi connectivity index (χ0) is 11.5. The largest absolute Gasteiger partial charge is 0.311 e. The molecular weight excluding hydrogens is 222 g/mol. The van der Waals surface area contributed by atoms with Crippen LogP contribution in [0.4, 0.5) is 5.69 Å². The van der Waals surface area contributed by atoms with Gasteiger partial charge < -0.3 is 4.90 Å². The fourth-order valence-electron chi connectivity index (χ4n) is 1.98. The second-order valence-electron chi connectivity index (χ2n) is 3.86. The highest BCUT2D eigenvalue weighted by molar-refractivity contribution is 6.33. The number of amides is 1. The summed E-state index contributed by atoms with van der Waals surface area (Å²) in [5.41, 5.74) is 2.22. The first-order valence-corrected chi connectivity index (χ1v) is 5.82. The van der Waals surface area contributed by atoms with E-state index in [1.54, 1.807) is 11.0 Å². The number of benzene rings is 1. The third kappa shape index (κ3) is 1.98. The highest BCUT2D eigenvalue weighted by atomic mass is 35.5. The fourth-order valence-corrected chi connectivity index (χ4v) is 2.23. The van der Waals surface area contributed by atoms with Gasteiger partial charge in [0.25, 0.3) is 0 Å². The lowest BCUT2D eigenvalue weighted by atomic mass is 10.2. The summed E-state index contributed by atoms with van der Waals surface area (Å²) in [6.07, 6.45) is 3.11. The van der Waals surface area contributed by atoms with Crippen LogP contribution in [-0.2, 0) is 11.2 Å². The van der Waals surface area contributed by atoms with Crippen molar-refractivity contribution < 1.29 is 4.79 Å². The van der Waals surface area contributed by atoms with Gasteiger partial charge in [-0.05, 0) is 24.5 Å². The summed E-state index contributed by atoms with van der Waals surface area (Å²) in [7, 11) is 0. The molecule has 1 unspecified atom stereocenters. The van der Waals surface area contributed by atoms with Gasteiger partial charge in [0.15, 0.2) is 0 Å². The van der Waals surface area contributed by atoms with Gasteiger partial charge in [0.1, 0.15) is 5.38 Å². The highest BCUT2D eigenvalue weighted by Crippen LogP contribution is 2.28. The molecule has 0 saturated heterocycles. The van der Waals surface area contributed by atoms with Crippen molar-refractivity contribution in [1.82, 2.24) is 0 Å². The first kappa shape index (κ1) is 11.2. The quantitative estimate of drug-likeness (QED) is 0.583. The Morgan fingerprint density at radius 2 is 2.31 bits per heavy atom. The SMILES string of the molecule is C=CCC(Cl)C(=O)N1CCc2ccccc21. The minimum Gasteiger partial charge on any atom is -0.311 e. The van der Waals surface area contributed by atoms with Gasteiger partial charge in [0, 0.05) is 12.2 Å². The van der Waals surface area contributed by atoms with Gasteiger partial charge in [0.05, 0.1) is 0 Å². The van der Waals surface area contributed by atoms with Crippen LogP contribution in [0.2, 0.25) is 0 Å². The zero-order valence-corrected chi connectivity index (χ0v) is 9.78. The highest BCUT2D eigenvalue weighted by Gasteiger charge is 2.27. The van der Waals surface area contributed by atoms with Crippen molar-refractivity contribution in [3.63, 3.8) is 0 Å². The molecule has 0 bridgehead atoms. The van der Waals surface area contributed by atoms with E-state index in [0.29, 0.717) is 6.42 Å². The summed E-state index contributed by atoms with van der Waals surface area (Å²) >= 11 is 6.02. The number of alkyl halides is 1. The lowest BCUT2D eigenvalue weighted by molar-refractivity contribution is -0.118. The minimum absolute atomic E-state index is 0.0217. The van der Waals surface area contributed by atoms with Crippen molar-refractivity contribution in [2.75, 3.05) is 11.4 Å². The topological polar surface area (TPSA) is 20.3 Å². The molecule has 1 aliphatic heterocycles. The Kier molecular flexibility index (Phi) is 3.30. The number of allylic oxidation sites excluding steroid dienone is 1. The van der Waals surface area contributed by atoms with E-state index in [1.807, 2.05) is 18.2 Å². The van der Waals surface area contributed by atoms with Crippen LogP contribution in [0.5, 0.6) is 0 Å². The number of anilines is 1. The normalized spacial score (nSPS) is 15.7. The van der Waals surface area contributed by atoms with Crippen molar-refractivity contribution in [2.24, 2.45) is 0 Å². The van der Waals surface area contributed by atoms with E-state index in [2.05, 4.69) is 12.6 Å². The molecule has 1 atom stereocenters. The molecule has 0 N–H and O–H groups in total. The molecule has 16 heavy (non-hydrogen) atoms. The number of carbonyl (C=O) groups is 1. The number of rotatable bonds is 3. The first-order chi connectivity index (χ1) is 7.74. The fraction of sp³-hybridized carbons (Fsp3) is 0.308. The van der Waals surface area contributed by atoms with Gasteiger partial charge >= 0.3 is 0 Å². The third-order valence-electron chi connectivity index (χ3n) is 2.79. The monoisotopic (exact) mass is 235 g/mol. The summed E-state index contributed by atoms with van der Waals surface area (Å²) in [4.78, 5) is 13.8. The van der Waals surface area contributed by atoms with Crippen molar-refractivity contribution in [1.29, 1.82) is 0 Å². The summed E-state index contributed by atoms with van der Waals surface area (Å²) in [5, 5.41) is -0.497. The van der Waals surface area contributed by atoms with Gasteiger partial charge in [-0.2, -0.15) is 0 Å². The molecule has 0 aromatic heterocycles. The van der Waals surface area contributed by atoms with E-state index in [4.69, 9.17) is 11.6 Å². The van der Waals surface area contributed by atoms with Crippen molar-refractivity contribution in [3.8, 4) is 0 Å². The third-order valence-corrected chi connectivity index (χ3v) is 3.16. The van der Waals surface area contributed by atoms with Crippen molar-refractivity contribution >= 4 is 23.2 Å². The molecule has 3 heteroatoms. The van der Waals surface area contributed by atoms with E-state index in [9.17, 15) is 4.79 Å². The molecule has 1 aromatic rings. The molecular formula is C13H14ClNO. The summed E-state index contributed by atoms with van der Waals surface area (Å²) in [6, 6.07) is 7.97. The van der Waals surface area contributed by atoms with Gasteiger partial charge in [-0.3, -0.25) is 4.79 Å². The Labute approximate surface area is 101 Å². The second kappa shape index (κ2) is 4.71. The first-order valence-electron chi connectivity index (χ1n) is 5.38. The number of para-hydroxylation sites is 1. The molecule has 1 heterocycles. The van der Waals surface area contributed by atoms with E-state index in [-0.39, 0.29) is 5.91 Å². The van der Waals surface area contributed by atoms with E-state index < -0.39 is 5.38 Å². The molecule has 0 spiro atoms. The molecule has 84 valence electrons. The van der Waals surface area contributed by atoms with Crippen LogP contribution in [0.25, 0.3) is 0 Å². The maximum Gasteiger partial charge on any atom is 0.245 e. The van der Waals surface area contributed by atoms with Crippen LogP contribution in [0.3, 0.4) is 0 Å². The van der Waals surface area contributed by atoms with Crippen LogP contribution in [0.15, 0.2) is 36.9 Å². The maximum absolute atomic E-state index is 12.0. The standard InChI is InChI=1S/C13H14ClNO/c1-2-5-11(14)13(16)15-9-8-10-6-3-4-7-12(10)15/h2-4,6-7,11H,1,5,8-9H2. The van der Waals surface area contributed by atoms with Gasteiger partial charge in [-0.15, -0.1) is 18.2 Å². The number of hydrogen-bond acceptors (Lipinski definition) is 1. The summed E-state index contributed by atoms with van der Waals surface area (Å²) < 4.78 is 0. The predicted octanol–water partition coefficient (Wildman–Crippen LogP) is 2.76. The molecule has 1 aliphatic rings. The summed E-state index contributed by atoms with van der Waals surface area (Å²) in [5.74, 6) is -0.0217. The van der Waals surface area contributed by atoms with Crippen LogP contribution in [-0.4, -0.2) is 17.8 Å². The Bertz CT molecular complexity index is 416. The molecule has 0 radical (unpaired) electrons. The number of hydrogen-bond donors (Lipinski definition) is 0. The molecule has 0 saturated carbocycles. The van der Waals surface area contributed by atoms with Crippen LogP contribution < -0.4 is 4.90 Å². The number of halogens is 1. The minimum atomic E-state index is -0.497. The zero-order valence-electron chi connectivity index (χ0n) is 9.03. The van der Waals surface area contributed by atoms with Gasteiger partial charge in [0.2, 0.25) is 5.91 Å². The molecule has 1 aromatic carbocycles. The smallest absolute Gasteiger partial charge is 0.245 e. The van der Waals surface area contributed by atoms with E-state index >= 15 is 0 Å². The van der Waals surface area contributed by atoms with Crippen LogP contribution in [0, 0.1) is 0 Å². The maximum atomic E-state index is 12.0. The number of nitrogens with zero attached hydrogens (tertiary/aromatic N) is 1. The molecule has 0 aliphatic carbocycles.